The van der Waals surface area contributed by atoms with Gasteiger partial charge in [0.2, 0.25) is 0 Å². The fourth-order valence-corrected chi connectivity index (χ4v) is 2.51. The molecular formula is C13H19F3N4O3. The molecule has 130 valence electrons. The van der Waals surface area contributed by atoms with Gasteiger partial charge in [0, 0.05) is 24.9 Å². The molecule has 10 heteroatoms. The van der Waals surface area contributed by atoms with Crippen LogP contribution < -0.4 is 10.6 Å². The van der Waals surface area contributed by atoms with Gasteiger partial charge < -0.3 is 15.4 Å². The summed E-state index contributed by atoms with van der Waals surface area (Å²) in [5.74, 6) is 0. The summed E-state index contributed by atoms with van der Waals surface area (Å²) < 4.78 is 43.7. The minimum absolute atomic E-state index is 0.0617. The van der Waals surface area contributed by atoms with Crippen LogP contribution in [0.25, 0.3) is 0 Å². The predicted molar refractivity (Wildman–Crippen MR) is 75.2 cm³/mol. The fourth-order valence-electron chi connectivity index (χ4n) is 2.51. The maximum absolute atomic E-state index is 12.5. The van der Waals surface area contributed by atoms with E-state index >= 15 is 0 Å². The zero-order chi connectivity index (χ0) is 17.1. The second-order valence-electron chi connectivity index (χ2n) is 5.21. The Morgan fingerprint density at radius 1 is 1.61 bits per heavy atom. The largest absolute Gasteiger partial charge is 0.408 e. The van der Waals surface area contributed by atoms with Gasteiger partial charge in [-0.05, 0) is 0 Å². The highest BCUT2D eigenvalue weighted by molar-refractivity contribution is 5.49. The smallest absolute Gasteiger partial charge is 0.401 e. The molecule has 2 heterocycles. The molecule has 0 radical (unpaired) electrons. The second kappa shape index (κ2) is 6.77. The lowest BCUT2D eigenvalue weighted by Crippen LogP contribution is -2.54. The molecule has 1 atom stereocenters. The Morgan fingerprint density at radius 3 is 2.87 bits per heavy atom. The van der Waals surface area contributed by atoms with E-state index in [2.05, 4.69) is 16.6 Å². The summed E-state index contributed by atoms with van der Waals surface area (Å²) in [6.45, 7) is 3.24. The monoisotopic (exact) mass is 336 g/mol. The summed E-state index contributed by atoms with van der Waals surface area (Å²) in [4.78, 5) is 11.2. The van der Waals surface area contributed by atoms with Gasteiger partial charge in [-0.25, -0.2) is 9.78 Å². The van der Waals surface area contributed by atoms with Gasteiger partial charge in [-0.2, -0.15) is 18.3 Å². The van der Waals surface area contributed by atoms with Crippen molar-refractivity contribution in [2.75, 3.05) is 32.0 Å². The topological polar surface area (TPSA) is 74.8 Å². The Bertz CT molecular complexity index is 541. The number of nitrogens with zero attached hydrogens (tertiary/aromatic N) is 3. The fraction of sp³-hybridized carbons (Fsp3) is 0.615. The summed E-state index contributed by atoms with van der Waals surface area (Å²) in [5.41, 5.74) is 5.88. The van der Waals surface area contributed by atoms with Crippen LogP contribution in [0, 0.1) is 0 Å². The van der Waals surface area contributed by atoms with Gasteiger partial charge >= 0.3 is 6.18 Å². The third-order valence-corrected chi connectivity index (χ3v) is 3.69. The molecule has 0 aromatic carbocycles. The molecule has 1 aromatic rings. The Kier molecular flexibility index (Phi) is 5.17. The van der Waals surface area contributed by atoms with Crippen molar-refractivity contribution in [3.05, 3.63) is 24.7 Å². The van der Waals surface area contributed by atoms with Crippen molar-refractivity contribution in [3.8, 4) is 0 Å². The van der Waals surface area contributed by atoms with Gasteiger partial charge in [0.15, 0.2) is 6.73 Å². The SMILES string of the molecule is C=C(N)C1(N(COOC)c2cnn(CC(F)(F)F)c2)CCOC1. The zero-order valence-electron chi connectivity index (χ0n) is 12.7. The number of anilines is 1. The summed E-state index contributed by atoms with van der Waals surface area (Å²) >= 11 is 0. The van der Waals surface area contributed by atoms with E-state index < -0.39 is 18.3 Å². The third-order valence-electron chi connectivity index (χ3n) is 3.69. The maximum atomic E-state index is 12.5. The van der Waals surface area contributed by atoms with Crippen LogP contribution in [0.1, 0.15) is 6.42 Å². The number of hydrogen-bond donors (Lipinski definition) is 1. The molecule has 1 unspecified atom stereocenters. The van der Waals surface area contributed by atoms with Crippen LogP contribution in [0.2, 0.25) is 0 Å². The lowest BCUT2D eigenvalue weighted by Gasteiger charge is -2.40. The third kappa shape index (κ3) is 3.95. The molecule has 0 bridgehead atoms. The van der Waals surface area contributed by atoms with Crippen molar-refractivity contribution < 1.29 is 27.7 Å². The molecule has 7 nitrogen and oxygen atoms in total. The molecule has 1 aliphatic heterocycles. The van der Waals surface area contributed by atoms with Gasteiger partial charge in [-0.15, -0.1) is 0 Å². The first-order valence-corrected chi connectivity index (χ1v) is 6.83. The van der Waals surface area contributed by atoms with Crippen LogP contribution in [-0.4, -0.2) is 48.6 Å². The predicted octanol–water partition coefficient (Wildman–Crippen LogP) is 1.42. The average molecular weight is 336 g/mol. The Labute approximate surface area is 131 Å². The Hall–Kier alpha value is -1.78. The van der Waals surface area contributed by atoms with Crippen molar-refractivity contribution >= 4 is 5.69 Å². The molecule has 0 aliphatic carbocycles. The van der Waals surface area contributed by atoms with Gasteiger partial charge in [0.25, 0.3) is 0 Å². The van der Waals surface area contributed by atoms with Crippen LogP contribution in [0.4, 0.5) is 18.9 Å². The van der Waals surface area contributed by atoms with Crippen LogP contribution in [-0.2, 0) is 21.1 Å². The maximum Gasteiger partial charge on any atom is 0.408 e. The number of halogens is 3. The molecule has 0 saturated carbocycles. The van der Waals surface area contributed by atoms with Crippen molar-refractivity contribution in [2.45, 2.75) is 24.7 Å². The van der Waals surface area contributed by atoms with Crippen LogP contribution in [0.3, 0.4) is 0 Å². The highest BCUT2D eigenvalue weighted by Gasteiger charge is 2.43. The summed E-state index contributed by atoms with van der Waals surface area (Å²) in [7, 11) is 1.33. The molecule has 2 rings (SSSR count). The van der Waals surface area contributed by atoms with E-state index in [4.69, 9.17) is 15.4 Å². The second-order valence-corrected chi connectivity index (χ2v) is 5.21. The van der Waals surface area contributed by atoms with Gasteiger partial charge in [-0.1, -0.05) is 6.58 Å². The van der Waals surface area contributed by atoms with Crippen molar-refractivity contribution in [2.24, 2.45) is 5.73 Å². The number of rotatable bonds is 7. The lowest BCUT2D eigenvalue weighted by molar-refractivity contribution is -0.273. The Balaban J connectivity index is 2.29. The van der Waals surface area contributed by atoms with Crippen molar-refractivity contribution in [1.82, 2.24) is 9.78 Å². The average Bonchev–Trinajstić information content (AvgIpc) is 3.08. The van der Waals surface area contributed by atoms with E-state index in [1.165, 1.54) is 19.5 Å². The summed E-state index contributed by atoms with van der Waals surface area (Å²) in [5, 5.41) is 3.74. The first-order chi connectivity index (χ1) is 10.8. The molecule has 1 saturated heterocycles. The van der Waals surface area contributed by atoms with Crippen molar-refractivity contribution in [3.63, 3.8) is 0 Å². The van der Waals surface area contributed by atoms with Crippen LogP contribution in [0.15, 0.2) is 24.7 Å². The number of alkyl halides is 3. The normalized spacial score (nSPS) is 21.6. The highest BCUT2D eigenvalue weighted by atomic mass is 19.4. The lowest BCUT2D eigenvalue weighted by atomic mass is 9.93. The molecule has 2 N–H and O–H groups in total. The molecule has 1 aliphatic rings. The number of ether oxygens (including phenoxy) is 1. The number of aromatic nitrogens is 2. The molecule has 0 amide bonds. The number of nitrogens with two attached hydrogens (primary N) is 1. The first kappa shape index (κ1) is 17.6. The van der Waals surface area contributed by atoms with Gasteiger partial charge in [0.1, 0.15) is 12.1 Å². The van der Waals surface area contributed by atoms with E-state index in [0.29, 0.717) is 24.4 Å². The van der Waals surface area contributed by atoms with Crippen LogP contribution in [0.5, 0.6) is 0 Å². The first-order valence-electron chi connectivity index (χ1n) is 6.83. The highest BCUT2D eigenvalue weighted by Crippen LogP contribution is 2.34. The van der Waals surface area contributed by atoms with E-state index in [1.54, 1.807) is 4.90 Å². The van der Waals surface area contributed by atoms with Crippen LogP contribution >= 0.6 is 0 Å². The molecule has 1 aromatic heterocycles. The Morgan fingerprint density at radius 2 is 2.35 bits per heavy atom. The van der Waals surface area contributed by atoms with E-state index in [1.807, 2.05) is 0 Å². The molecule has 0 spiro atoms. The minimum Gasteiger partial charge on any atom is -0.401 e. The summed E-state index contributed by atoms with van der Waals surface area (Å²) in [6, 6.07) is 0. The standard InChI is InChI=1S/C13H19F3N4O3/c1-10(17)12(3-4-22-8-12)20(9-23-21-2)11-5-18-19(6-11)7-13(14,15)16/h5-6H,1,3-4,7-9,17H2,2H3. The summed E-state index contributed by atoms with van der Waals surface area (Å²) in [6.07, 6.45) is -1.24. The quantitative estimate of drug-likeness (QED) is 0.461. The number of hydrogen-bond acceptors (Lipinski definition) is 6. The van der Waals surface area contributed by atoms with E-state index in [0.717, 1.165) is 4.68 Å². The molecular weight excluding hydrogens is 317 g/mol. The van der Waals surface area contributed by atoms with Gasteiger partial charge in [0.05, 0.1) is 25.6 Å². The minimum atomic E-state index is -4.36. The molecule has 1 fully saturated rings. The van der Waals surface area contributed by atoms with E-state index in [9.17, 15) is 13.2 Å². The molecule has 23 heavy (non-hydrogen) atoms. The zero-order valence-corrected chi connectivity index (χ0v) is 12.7. The van der Waals surface area contributed by atoms with E-state index in [-0.39, 0.29) is 13.3 Å². The van der Waals surface area contributed by atoms with Crippen molar-refractivity contribution in [1.29, 1.82) is 0 Å². The van der Waals surface area contributed by atoms with Gasteiger partial charge in [-0.3, -0.25) is 4.68 Å².